The minimum atomic E-state index is 0.646. The first-order valence-corrected chi connectivity index (χ1v) is 8.88. The Bertz CT molecular complexity index is 575. The molecule has 1 aromatic carbocycles. The smallest absolute Gasteiger partial charge is 0.0231 e. The summed E-state index contributed by atoms with van der Waals surface area (Å²) in [5, 5.41) is 2.18. The zero-order valence-corrected chi connectivity index (χ0v) is 13.2. The molecule has 0 bridgehead atoms. The lowest BCUT2D eigenvalue weighted by molar-refractivity contribution is 0.619. The van der Waals surface area contributed by atoms with Crippen molar-refractivity contribution in [2.24, 2.45) is 11.8 Å². The fraction of sp³-hybridized carbons (Fsp3) is 0.412. The minimum Gasteiger partial charge on any atom is -0.149 e. The zero-order valence-electron chi connectivity index (χ0n) is 10.8. The standard InChI is InChI=1S/C17H17BrS/c18-15(10-12-5-3-9-19-12)17-14-8-7-11-4-1-2-6-13(11)16(14)17/h1-6,9,14-17H,7-8,10H2. The molecule has 1 aromatic heterocycles. The van der Waals surface area contributed by atoms with Crippen molar-refractivity contribution >= 4 is 27.3 Å². The molecule has 0 amide bonds. The lowest BCUT2D eigenvalue weighted by Gasteiger charge is -2.13. The van der Waals surface area contributed by atoms with Crippen molar-refractivity contribution < 1.29 is 0 Å². The molecular weight excluding hydrogens is 316 g/mol. The number of hydrogen-bond acceptors (Lipinski definition) is 1. The van der Waals surface area contributed by atoms with E-state index >= 15 is 0 Å². The van der Waals surface area contributed by atoms with Crippen LogP contribution in [0.25, 0.3) is 0 Å². The fourth-order valence-corrected chi connectivity index (χ4v) is 5.92. The molecule has 1 heterocycles. The number of halogens is 1. The molecule has 0 nitrogen and oxygen atoms in total. The van der Waals surface area contributed by atoms with Gasteiger partial charge < -0.3 is 0 Å². The summed E-state index contributed by atoms with van der Waals surface area (Å²) in [4.78, 5) is 2.16. The molecule has 0 saturated heterocycles. The molecule has 2 heteroatoms. The highest BCUT2D eigenvalue weighted by Gasteiger charge is 2.55. The van der Waals surface area contributed by atoms with Gasteiger partial charge in [-0.2, -0.15) is 0 Å². The molecule has 0 aliphatic heterocycles. The molecule has 4 rings (SSSR count). The molecule has 4 unspecified atom stereocenters. The lowest BCUT2D eigenvalue weighted by Crippen LogP contribution is -2.06. The van der Waals surface area contributed by atoms with Gasteiger partial charge in [0, 0.05) is 9.70 Å². The van der Waals surface area contributed by atoms with Crippen LogP contribution in [-0.4, -0.2) is 4.83 Å². The van der Waals surface area contributed by atoms with Gasteiger partial charge in [0.25, 0.3) is 0 Å². The van der Waals surface area contributed by atoms with Gasteiger partial charge in [-0.3, -0.25) is 0 Å². The van der Waals surface area contributed by atoms with Gasteiger partial charge in [0.1, 0.15) is 0 Å². The van der Waals surface area contributed by atoms with Crippen molar-refractivity contribution in [3.05, 3.63) is 57.8 Å². The Morgan fingerprint density at radius 1 is 1.21 bits per heavy atom. The maximum Gasteiger partial charge on any atom is 0.0231 e. The van der Waals surface area contributed by atoms with Crippen molar-refractivity contribution in [3.63, 3.8) is 0 Å². The number of thiophene rings is 1. The van der Waals surface area contributed by atoms with E-state index in [4.69, 9.17) is 0 Å². The summed E-state index contributed by atoms with van der Waals surface area (Å²) in [7, 11) is 0. The normalized spacial score (nSPS) is 29.4. The van der Waals surface area contributed by atoms with Gasteiger partial charge >= 0.3 is 0 Å². The highest BCUT2D eigenvalue weighted by atomic mass is 79.9. The predicted molar refractivity (Wildman–Crippen MR) is 85.2 cm³/mol. The second kappa shape index (κ2) is 4.75. The van der Waals surface area contributed by atoms with E-state index in [2.05, 4.69) is 57.7 Å². The van der Waals surface area contributed by atoms with Gasteiger partial charge in [-0.25, -0.2) is 0 Å². The molecule has 1 saturated carbocycles. The summed E-state index contributed by atoms with van der Waals surface area (Å²) < 4.78 is 0. The average molecular weight is 333 g/mol. The molecule has 0 radical (unpaired) electrons. The summed E-state index contributed by atoms with van der Waals surface area (Å²) in [5.41, 5.74) is 3.24. The maximum atomic E-state index is 3.97. The Morgan fingerprint density at radius 3 is 2.95 bits per heavy atom. The summed E-state index contributed by atoms with van der Waals surface area (Å²) in [6, 6.07) is 13.5. The number of alkyl halides is 1. The second-order valence-corrected chi connectivity index (χ2v) is 8.01. The van der Waals surface area contributed by atoms with Gasteiger partial charge in [-0.05, 0) is 59.6 Å². The van der Waals surface area contributed by atoms with Crippen LogP contribution in [0.4, 0.5) is 0 Å². The van der Waals surface area contributed by atoms with Crippen LogP contribution < -0.4 is 0 Å². The third kappa shape index (κ3) is 2.09. The lowest BCUT2D eigenvalue weighted by atomic mass is 9.92. The van der Waals surface area contributed by atoms with Crippen LogP contribution in [0.1, 0.15) is 28.3 Å². The summed E-state index contributed by atoms with van der Waals surface area (Å²) in [6.07, 6.45) is 3.86. The van der Waals surface area contributed by atoms with E-state index in [1.807, 2.05) is 11.3 Å². The van der Waals surface area contributed by atoms with Crippen LogP contribution >= 0.6 is 27.3 Å². The predicted octanol–water partition coefficient (Wildman–Crippen LogP) is 5.03. The first kappa shape index (κ1) is 12.2. The van der Waals surface area contributed by atoms with Gasteiger partial charge in [-0.1, -0.05) is 46.3 Å². The number of fused-ring (bicyclic) bond motifs is 3. The van der Waals surface area contributed by atoms with Gasteiger partial charge in [0.2, 0.25) is 0 Å². The van der Waals surface area contributed by atoms with E-state index in [1.54, 1.807) is 11.1 Å². The SMILES string of the molecule is BrC(Cc1cccs1)C1C2CCc3ccccc3C21. The Morgan fingerprint density at radius 2 is 2.11 bits per heavy atom. The molecule has 2 aliphatic carbocycles. The van der Waals surface area contributed by atoms with Crippen LogP contribution in [0.3, 0.4) is 0 Å². The van der Waals surface area contributed by atoms with Crippen LogP contribution in [0.2, 0.25) is 0 Å². The van der Waals surface area contributed by atoms with Crippen molar-refractivity contribution in [1.82, 2.24) is 0 Å². The third-order valence-electron chi connectivity index (χ3n) is 4.78. The van der Waals surface area contributed by atoms with Gasteiger partial charge in [-0.15, -0.1) is 11.3 Å². The van der Waals surface area contributed by atoms with Crippen LogP contribution in [0.5, 0.6) is 0 Å². The quantitative estimate of drug-likeness (QED) is 0.691. The molecule has 4 atom stereocenters. The van der Waals surface area contributed by atoms with Gasteiger partial charge in [0.05, 0.1) is 0 Å². The maximum absolute atomic E-state index is 3.97. The fourth-order valence-electron chi connectivity index (χ4n) is 3.87. The third-order valence-corrected chi connectivity index (χ3v) is 6.62. The monoisotopic (exact) mass is 332 g/mol. The summed E-state index contributed by atoms with van der Waals surface area (Å²) in [5.74, 6) is 2.61. The number of hydrogen-bond donors (Lipinski definition) is 0. The van der Waals surface area contributed by atoms with Gasteiger partial charge in [0.15, 0.2) is 0 Å². The molecule has 2 aromatic rings. The number of aryl methyl sites for hydroxylation is 1. The van der Waals surface area contributed by atoms with Crippen LogP contribution in [0, 0.1) is 11.8 Å². The minimum absolute atomic E-state index is 0.646. The molecule has 1 fully saturated rings. The molecule has 98 valence electrons. The van der Waals surface area contributed by atoms with E-state index in [0.717, 1.165) is 17.8 Å². The Kier molecular flexibility index (Phi) is 3.04. The highest BCUT2D eigenvalue weighted by Crippen LogP contribution is 2.62. The molecule has 0 spiro atoms. The first-order chi connectivity index (χ1) is 9.34. The Labute approximate surface area is 127 Å². The highest BCUT2D eigenvalue weighted by molar-refractivity contribution is 9.09. The van der Waals surface area contributed by atoms with Crippen LogP contribution in [0.15, 0.2) is 41.8 Å². The van der Waals surface area contributed by atoms with E-state index in [1.165, 1.54) is 24.1 Å². The van der Waals surface area contributed by atoms with E-state index in [0.29, 0.717) is 4.83 Å². The largest absolute Gasteiger partial charge is 0.149 e. The van der Waals surface area contributed by atoms with Crippen molar-refractivity contribution in [2.45, 2.75) is 30.0 Å². The van der Waals surface area contributed by atoms with Crippen LogP contribution in [-0.2, 0) is 12.8 Å². The number of benzene rings is 1. The topological polar surface area (TPSA) is 0 Å². The summed E-state index contributed by atoms with van der Waals surface area (Å²) >= 11 is 5.86. The van der Waals surface area contributed by atoms with E-state index in [-0.39, 0.29) is 0 Å². The average Bonchev–Trinajstić information content (AvgIpc) is 2.98. The van der Waals surface area contributed by atoms with Crippen molar-refractivity contribution in [2.75, 3.05) is 0 Å². The van der Waals surface area contributed by atoms with E-state index in [9.17, 15) is 0 Å². The molecule has 2 aliphatic rings. The van der Waals surface area contributed by atoms with E-state index < -0.39 is 0 Å². The number of rotatable bonds is 3. The summed E-state index contributed by atoms with van der Waals surface area (Å²) in [6.45, 7) is 0. The Balaban J connectivity index is 1.54. The first-order valence-electron chi connectivity index (χ1n) is 7.09. The molecular formula is C17H17BrS. The van der Waals surface area contributed by atoms with Crippen molar-refractivity contribution in [1.29, 1.82) is 0 Å². The Hall–Kier alpha value is -0.600. The molecule has 19 heavy (non-hydrogen) atoms. The second-order valence-electron chi connectivity index (χ2n) is 5.80. The van der Waals surface area contributed by atoms with Crippen molar-refractivity contribution in [3.8, 4) is 0 Å². The molecule has 0 N–H and O–H groups in total. The zero-order chi connectivity index (χ0) is 12.8.